The lowest BCUT2D eigenvalue weighted by molar-refractivity contribution is 0.100. The molecule has 4 heterocycles. The molecule has 6 rings (SSSR count). The average Bonchev–Trinajstić information content (AvgIpc) is 3.28. The van der Waals surface area contributed by atoms with Crippen LogP contribution in [0.5, 0.6) is 0 Å². The Kier molecular flexibility index (Phi) is 5.81. The number of piperidine rings is 1. The van der Waals surface area contributed by atoms with Gasteiger partial charge >= 0.3 is 0 Å². The van der Waals surface area contributed by atoms with Gasteiger partial charge in [-0.1, -0.05) is 12.1 Å². The Hall–Kier alpha value is -4.30. The normalized spacial score (nSPS) is 16.3. The number of amides is 1. The van der Waals surface area contributed by atoms with Crippen molar-refractivity contribution in [2.75, 3.05) is 25.5 Å². The lowest BCUT2D eigenvalue weighted by Gasteiger charge is -2.30. The fraction of sp³-hybridized carbons (Fsp3) is 0.241. The van der Waals surface area contributed by atoms with Gasteiger partial charge in [-0.05, 0) is 67.7 Å². The number of aromatic nitrogens is 4. The second kappa shape index (κ2) is 9.29. The summed E-state index contributed by atoms with van der Waals surface area (Å²) in [5, 5.41) is 4.71. The second-order valence-corrected chi connectivity index (χ2v) is 9.86. The highest BCUT2D eigenvalue weighted by molar-refractivity contribution is 6.01. The third kappa shape index (κ3) is 4.29. The van der Waals surface area contributed by atoms with Crippen LogP contribution in [0.4, 0.5) is 11.4 Å². The second-order valence-electron chi connectivity index (χ2n) is 9.86. The van der Waals surface area contributed by atoms with Crippen molar-refractivity contribution in [3.63, 3.8) is 0 Å². The molecule has 0 spiro atoms. The van der Waals surface area contributed by atoms with Gasteiger partial charge in [-0.2, -0.15) is 0 Å². The monoisotopic (exact) mass is 491 g/mol. The summed E-state index contributed by atoms with van der Waals surface area (Å²) in [6.07, 6.45) is 9.24. The van der Waals surface area contributed by atoms with Gasteiger partial charge in [-0.25, -0.2) is 0 Å². The van der Waals surface area contributed by atoms with E-state index in [1.807, 2.05) is 13.1 Å². The van der Waals surface area contributed by atoms with E-state index in [1.54, 1.807) is 24.7 Å². The standard InChI is InChI=1S/C29H29N7O/c1-35-12-3-4-20(17-35)26-28(22(29(30)37)7-9-32-26)34-21-15-23(27-24(16-21)31-10-11-33-27)19-6-5-18-8-13-36(2)25(18)14-19/h5-11,13-16,20,34H,3-4,12,17H2,1-2H3,(H2,30,37). The molecule has 8 heteroatoms. The maximum atomic E-state index is 12.5. The van der Waals surface area contributed by atoms with E-state index in [-0.39, 0.29) is 5.92 Å². The van der Waals surface area contributed by atoms with E-state index in [1.165, 1.54) is 5.39 Å². The van der Waals surface area contributed by atoms with Gasteiger partial charge in [0.15, 0.2) is 0 Å². The van der Waals surface area contributed by atoms with Crippen molar-refractivity contribution in [3.8, 4) is 11.1 Å². The predicted octanol–water partition coefficient (Wildman–Crippen LogP) is 4.84. The molecule has 1 saturated heterocycles. The van der Waals surface area contributed by atoms with Crippen LogP contribution >= 0.6 is 0 Å². The van der Waals surface area contributed by atoms with E-state index in [9.17, 15) is 4.79 Å². The largest absolute Gasteiger partial charge is 0.366 e. The van der Waals surface area contributed by atoms with Gasteiger partial charge in [0.05, 0.1) is 28.0 Å². The summed E-state index contributed by atoms with van der Waals surface area (Å²) in [7, 11) is 4.16. The Morgan fingerprint density at radius 1 is 1.03 bits per heavy atom. The van der Waals surface area contributed by atoms with E-state index in [2.05, 4.69) is 68.3 Å². The molecule has 1 atom stereocenters. The zero-order valence-electron chi connectivity index (χ0n) is 21.0. The first-order valence-corrected chi connectivity index (χ1v) is 12.5. The Labute approximate surface area is 215 Å². The molecular weight excluding hydrogens is 462 g/mol. The quantitative estimate of drug-likeness (QED) is 0.365. The Morgan fingerprint density at radius 2 is 1.89 bits per heavy atom. The number of benzene rings is 2. The molecule has 0 bridgehead atoms. The van der Waals surface area contributed by atoms with Crippen LogP contribution in [-0.2, 0) is 7.05 Å². The molecule has 1 aliphatic rings. The zero-order chi connectivity index (χ0) is 25.5. The van der Waals surface area contributed by atoms with Gasteiger partial charge in [0.1, 0.15) is 0 Å². The van der Waals surface area contributed by atoms with Crippen molar-refractivity contribution in [1.82, 2.24) is 24.4 Å². The summed E-state index contributed by atoms with van der Waals surface area (Å²) in [5.41, 5.74) is 13.3. The third-order valence-corrected chi connectivity index (χ3v) is 7.30. The molecule has 0 radical (unpaired) electrons. The topological polar surface area (TPSA) is 102 Å². The fourth-order valence-corrected chi connectivity index (χ4v) is 5.46. The molecule has 5 aromatic rings. The number of anilines is 2. The maximum Gasteiger partial charge on any atom is 0.250 e. The van der Waals surface area contributed by atoms with Crippen molar-refractivity contribution in [2.24, 2.45) is 12.8 Å². The van der Waals surface area contributed by atoms with Gasteiger partial charge in [0.25, 0.3) is 5.91 Å². The van der Waals surface area contributed by atoms with Crippen molar-refractivity contribution >= 4 is 39.2 Å². The zero-order valence-corrected chi connectivity index (χ0v) is 21.0. The number of aryl methyl sites for hydroxylation is 1. The highest BCUT2D eigenvalue weighted by atomic mass is 16.1. The van der Waals surface area contributed by atoms with Crippen LogP contribution < -0.4 is 11.1 Å². The van der Waals surface area contributed by atoms with Crippen LogP contribution in [0.1, 0.15) is 34.8 Å². The van der Waals surface area contributed by atoms with E-state index < -0.39 is 5.91 Å². The third-order valence-electron chi connectivity index (χ3n) is 7.30. The number of hydrogen-bond donors (Lipinski definition) is 2. The van der Waals surface area contributed by atoms with E-state index >= 15 is 0 Å². The number of carbonyl (C=O) groups is 1. The number of fused-ring (bicyclic) bond motifs is 2. The van der Waals surface area contributed by atoms with Gasteiger partial charge < -0.3 is 20.5 Å². The molecule has 1 amide bonds. The number of nitrogens with zero attached hydrogens (tertiary/aromatic N) is 5. The minimum absolute atomic E-state index is 0.208. The number of nitrogens with two attached hydrogens (primary N) is 1. The predicted molar refractivity (Wildman–Crippen MR) is 147 cm³/mol. The molecule has 8 nitrogen and oxygen atoms in total. The summed E-state index contributed by atoms with van der Waals surface area (Å²) in [5.74, 6) is -0.273. The Bertz CT molecular complexity index is 1640. The minimum atomic E-state index is -0.481. The molecule has 0 aliphatic carbocycles. The number of pyridine rings is 1. The van der Waals surface area contributed by atoms with Gasteiger partial charge in [-0.3, -0.25) is 19.7 Å². The molecule has 3 aromatic heterocycles. The summed E-state index contributed by atoms with van der Waals surface area (Å²) in [6.45, 7) is 1.95. The number of carbonyl (C=O) groups excluding carboxylic acids is 1. The van der Waals surface area contributed by atoms with Crippen molar-refractivity contribution in [3.05, 3.63) is 78.5 Å². The summed E-state index contributed by atoms with van der Waals surface area (Å²) >= 11 is 0. The van der Waals surface area contributed by atoms with Crippen LogP contribution in [-0.4, -0.2) is 50.5 Å². The van der Waals surface area contributed by atoms with Crippen molar-refractivity contribution in [2.45, 2.75) is 18.8 Å². The maximum absolute atomic E-state index is 12.5. The smallest absolute Gasteiger partial charge is 0.250 e. The molecule has 1 unspecified atom stereocenters. The van der Waals surface area contributed by atoms with Gasteiger partial charge in [0, 0.05) is 61.1 Å². The molecule has 1 aliphatic heterocycles. The van der Waals surface area contributed by atoms with Crippen LogP contribution in [0.3, 0.4) is 0 Å². The molecule has 2 aromatic carbocycles. The molecular formula is C29H29N7O. The molecule has 37 heavy (non-hydrogen) atoms. The number of likely N-dealkylation sites (N-methyl/N-ethyl adjacent to an activating group) is 1. The number of hydrogen-bond acceptors (Lipinski definition) is 6. The van der Waals surface area contributed by atoms with Crippen LogP contribution in [0.2, 0.25) is 0 Å². The number of nitrogens with one attached hydrogen (secondary N) is 1. The molecule has 1 fully saturated rings. The van der Waals surface area contributed by atoms with Crippen LogP contribution in [0, 0.1) is 0 Å². The highest BCUT2D eigenvalue weighted by Crippen LogP contribution is 2.37. The number of rotatable bonds is 5. The fourth-order valence-electron chi connectivity index (χ4n) is 5.46. The van der Waals surface area contributed by atoms with Crippen LogP contribution in [0.25, 0.3) is 33.1 Å². The average molecular weight is 492 g/mol. The summed E-state index contributed by atoms with van der Waals surface area (Å²) in [4.78, 5) is 28.7. The first-order valence-electron chi connectivity index (χ1n) is 12.5. The molecule has 186 valence electrons. The first kappa shape index (κ1) is 23.1. The summed E-state index contributed by atoms with van der Waals surface area (Å²) < 4.78 is 2.11. The number of primary amides is 1. The van der Waals surface area contributed by atoms with Gasteiger partial charge in [0.2, 0.25) is 0 Å². The SMILES string of the molecule is CN1CCCC(c2nccc(C(N)=O)c2Nc2cc(-c3ccc4ccn(C)c4c3)c3nccnc3c2)C1. The Balaban J connectivity index is 1.49. The van der Waals surface area contributed by atoms with E-state index in [0.29, 0.717) is 11.3 Å². The lowest BCUT2D eigenvalue weighted by Crippen LogP contribution is -2.31. The van der Waals surface area contributed by atoms with Crippen molar-refractivity contribution < 1.29 is 4.79 Å². The van der Waals surface area contributed by atoms with Crippen molar-refractivity contribution in [1.29, 1.82) is 0 Å². The molecule has 0 saturated carbocycles. The lowest BCUT2D eigenvalue weighted by atomic mass is 9.92. The Morgan fingerprint density at radius 3 is 2.73 bits per heavy atom. The first-order chi connectivity index (χ1) is 18.0. The van der Waals surface area contributed by atoms with Crippen LogP contribution in [0.15, 0.2) is 67.3 Å². The highest BCUT2D eigenvalue weighted by Gasteiger charge is 2.25. The van der Waals surface area contributed by atoms with E-state index in [0.717, 1.165) is 65.0 Å². The summed E-state index contributed by atoms with van der Waals surface area (Å²) in [6, 6.07) is 14.2. The number of likely N-dealkylation sites (tertiary alicyclic amines) is 1. The minimum Gasteiger partial charge on any atom is -0.366 e. The van der Waals surface area contributed by atoms with E-state index in [4.69, 9.17) is 10.7 Å². The van der Waals surface area contributed by atoms with Gasteiger partial charge in [-0.15, -0.1) is 0 Å². The molecule has 3 N–H and O–H groups in total.